The highest BCUT2D eigenvalue weighted by Gasteiger charge is 2.34. The van der Waals surface area contributed by atoms with E-state index < -0.39 is 0 Å². The molecule has 0 N–H and O–H groups in total. The smallest absolute Gasteiger partial charge is 0.320 e. The lowest BCUT2D eigenvalue weighted by atomic mass is 10.1. The third-order valence-electron chi connectivity index (χ3n) is 3.55. The second-order valence-corrected chi connectivity index (χ2v) is 4.53. The van der Waals surface area contributed by atoms with Gasteiger partial charge in [0.15, 0.2) is 12.0 Å². The largest absolute Gasteiger partial charge is 0.443 e. The number of fused-ring (bicyclic) bond motifs is 1. The molecule has 5 heteroatoms. The number of carbonyl (C=O) groups excluding carboxylic acids is 1. The van der Waals surface area contributed by atoms with Gasteiger partial charge in [0.2, 0.25) is 0 Å². The van der Waals surface area contributed by atoms with Crippen LogP contribution in [0.2, 0.25) is 0 Å². The first-order valence-corrected chi connectivity index (χ1v) is 6.05. The lowest BCUT2D eigenvalue weighted by Crippen LogP contribution is -2.29. The zero-order valence-electron chi connectivity index (χ0n) is 10.5. The van der Waals surface area contributed by atoms with Crippen molar-refractivity contribution in [2.45, 2.75) is 13.0 Å². The molecule has 1 unspecified atom stereocenters. The molecule has 1 saturated heterocycles. The molecule has 2 heterocycles. The molecule has 0 saturated carbocycles. The van der Waals surface area contributed by atoms with Gasteiger partial charge in [0.25, 0.3) is 0 Å². The molecular weight excluding hydrogens is 230 g/mol. The van der Waals surface area contributed by atoms with Crippen molar-refractivity contribution in [1.82, 2.24) is 14.8 Å². The Morgan fingerprint density at radius 2 is 2.33 bits per heavy atom. The summed E-state index contributed by atoms with van der Waals surface area (Å²) in [4.78, 5) is 19.7. The second-order valence-electron chi connectivity index (χ2n) is 4.53. The van der Waals surface area contributed by atoms with Crippen LogP contribution < -0.4 is 0 Å². The van der Waals surface area contributed by atoms with Gasteiger partial charge >= 0.3 is 6.03 Å². The minimum Gasteiger partial charge on any atom is -0.443 e. The number of aromatic nitrogens is 1. The van der Waals surface area contributed by atoms with Crippen molar-refractivity contribution >= 4 is 17.1 Å². The van der Waals surface area contributed by atoms with Gasteiger partial charge in [0, 0.05) is 20.1 Å². The lowest BCUT2D eigenvalue weighted by Gasteiger charge is -2.17. The summed E-state index contributed by atoms with van der Waals surface area (Å²) in [7, 11) is 1.84. The maximum absolute atomic E-state index is 11.9. The maximum Gasteiger partial charge on any atom is 0.320 e. The summed E-state index contributed by atoms with van der Waals surface area (Å²) in [6.07, 6.45) is 1.44. The van der Waals surface area contributed by atoms with E-state index in [1.807, 2.05) is 37.1 Å². The van der Waals surface area contributed by atoms with Crippen molar-refractivity contribution in [2.24, 2.45) is 0 Å². The van der Waals surface area contributed by atoms with Crippen LogP contribution in [0.4, 0.5) is 4.79 Å². The van der Waals surface area contributed by atoms with Gasteiger partial charge in [-0.25, -0.2) is 9.78 Å². The first kappa shape index (κ1) is 11.1. The van der Waals surface area contributed by atoms with E-state index in [9.17, 15) is 4.79 Å². The fourth-order valence-electron chi connectivity index (χ4n) is 2.44. The Labute approximate surface area is 105 Å². The van der Waals surface area contributed by atoms with Crippen molar-refractivity contribution in [3.8, 4) is 0 Å². The number of hydrogen-bond acceptors (Lipinski definition) is 3. The standard InChI is InChI=1S/C13H15N3O2/c1-3-16-7-11(15(2)13(16)17)9-4-5-10-12(6-9)18-8-14-10/h4-6,8,11H,3,7H2,1-2H3. The highest BCUT2D eigenvalue weighted by atomic mass is 16.3. The number of hydrogen-bond donors (Lipinski definition) is 0. The Bertz CT molecular complexity index is 593. The van der Waals surface area contributed by atoms with Crippen molar-refractivity contribution < 1.29 is 9.21 Å². The van der Waals surface area contributed by atoms with E-state index in [1.165, 1.54) is 6.39 Å². The summed E-state index contributed by atoms with van der Waals surface area (Å²) in [6, 6.07) is 6.09. The highest BCUT2D eigenvalue weighted by molar-refractivity contribution is 5.78. The molecule has 0 spiro atoms. The first-order chi connectivity index (χ1) is 8.70. The second kappa shape index (κ2) is 4.01. The number of amides is 2. The number of nitrogens with zero attached hydrogens (tertiary/aromatic N) is 3. The Morgan fingerprint density at radius 1 is 1.50 bits per heavy atom. The van der Waals surface area contributed by atoms with Gasteiger partial charge < -0.3 is 14.2 Å². The molecule has 3 rings (SSSR count). The average molecular weight is 245 g/mol. The molecule has 5 nitrogen and oxygen atoms in total. The first-order valence-electron chi connectivity index (χ1n) is 6.05. The van der Waals surface area contributed by atoms with Crippen LogP contribution in [0.25, 0.3) is 11.1 Å². The van der Waals surface area contributed by atoms with Crippen molar-refractivity contribution in [3.05, 3.63) is 30.2 Å². The number of rotatable bonds is 2. The average Bonchev–Trinajstić information content (AvgIpc) is 2.95. The molecule has 0 bridgehead atoms. The van der Waals surface area contributed by atoms with Gasteiger partial charge in [0.05, 0.1) is 6.04 Å². The number of benzene rings is 1. The van der Waals surface area contributed by atoms with Crippen LogP contribution >= 0.6 is 0 Å². The quantitative estimate of drug-likeness (QED) is 0.815. The molecule has 0 aliphatic carbocycles. The van der Waals surface area contributed by atoms with Crippen molar-refractivity contribution in [1.29, 1.82) is 0 Å². The zero-order chi connectivity index (χ0) is 12.7. The number of likely N-dealkylation sites (N-methyl/N-ethyl adjacent to an activating group) is 2. The monoisotopic (exact) mass is 245 g/mol. The van der Waals surface area contributed by atoms with Gasteiger partial charge in [-0.2, -0.15) is 0 Å². The van der Waals surface area contributed by atoms with Gasteiger partial charge in [-0.05, 0) is 24.6 Å². The molecule has 0 radical (unpaired) electrons. The van der Waals surface area contributed by atoms with Gasteiger partial charge in [-0.1, -0.05) is 6.07 Å². The fourth-order valence-corrected chi connectivity index (χ4v) is 2.44. The van der Waals surface area contributed by atoms with E-state index in [-0.39, 0.29) is 12.1 Å². The summed E-state index contributed by atoms with van der Waals surface area (Å²) < 4.78 is 5.31. The molecule has 1 aromatic carbocycles. The Morgan fingerprint density at radius 3 is 3.06 bits per heavy atom. The number of urea groups is 1. The van der Waals surface area contributed by atoms with E-state index >= 15 is 0 Å². The molecule has 1 atom stereocenters. The molecule has 18 heavy (non-hydrogen) atoms. The van der Waals surface area contributed by atoms with Gasteiger partial charge in [-0.15, -0.1) is 0 Å². The summed E-state index contributed by atoms with van der Waals surface area (Å²) in [5, 5.41) is 0. The predicted octanol–water partition coefficient (Wildman–Crippen LogP) is 2.26. The van der Waals surface area contributed by atoms with Crippen LogP contribution in [0.3, 0.4) is 0 Å². The normalized spacial score (nSPS) is 20.1. The van der Waals surface area contributed by atoms with E-state index in [4.69, 9.17) is 4.42 Å². The SMILES string of the molecule is CCN1CC(c2ccc3ncoc3c2)N(C)C1=O. The lowest BCUT2D eigenvalue weighted by molar-refractivity contribution is 0.197. The Hall–Kier alpha value is -2.04. The molecule has 94 valence electrons. The van der Waals surface area contributed by atoms with Crippen molar-refractivity contribution in [3.63, 3.8) is 0 Å². The molecule has 1 aromatic heterocycles. The topological polar surface area (TPSA) is 49.6 Å². The molecule has 1 fully saturated rings. The molecule has 1 aliphatic rings. The maximum atomic E-state index is 11.9. The van der Waals surface area contributed by atoms with E-state index in [1.54, 1.807) is 4.90 Å². The van der Waals surface area contributed by atoms with Gasteiger partial charge in [0.1, 0.15) is 5.52 Å². The molecular formula is C13H15N3O2. The minimum absolute atomic E-state index is 0.0835. The van der Waals surface area contributed by atoms with Gasteiger partial charge in [-0.3, -0.25) is 0 Å². The van der Waals surface area contributed by atoms with Crippen molar-refractivity contribution in [2.75, 3.05) is 20.1 Å². The Balaban J connectivity index is 1.97. The van der Waals surface area contributed by atoms with Crippen LogP contribution in [0.1, 0.15) is 18.5 Å². The minimum atomic E-state index is 0.0835. The van der Waals surface area contributed by atoms with Crippen LogP contribution in [0.15, 0.2) is 29.0 Å². The summed E-state index contributed by atoms with van der Waals surface area (Å²) in [5.74, 6) is 0. The van der Waals surface area contributed by atoms with Crippen LogP contribution in [-0.4, -0.2) is 41.0 Å². The predicted molar refractivity (Wildman–Crippen MR) is 67.2 cm³/mol. The molecule has 2 aromatic rings. The van der Waals surface area contributed by atoms with Crippen LogP contribution in [0.5, 0.6) is 0 Å². The third kappa shape index (κ3) is 1.54. The molecule has 1 aliphatic heterocycles. The fraction of sp³-hybridized carbons (Fsp3) is 0.385. The number of carbonyl (C=O) groups is 1. The third-order valence-corrected chi connectivity index (χ3v) is 3.55. The summed E-state index contributed by atoms with van der Waals surface area (Å²) in [6.45, 7) is 3.46. The van der Waals surface area contributed by atoms with E-state index in [0.29, 0.717) is 0 Å². The summed E-state index contributed by atoms with van der Waals surface area (Å²) in [5.41, 5.74) is 2.70. The molecule has 2 amide bonds. The zero-order valence-corrected chi connectivity index (χ0v) is 10.5. The highest BCUT2D eigenvalue weighted by Crippen LogP contribution is 2.29. The summed E-state index contributed by atoms with van der Waals surface area (Å²) >= 11 is 0. The van der Waals surface area contributed by atoms with Crippen LogP contribution in [0, 0.1) is 0 Å². The van der Waals surface area contributed by atoms with Crippen LogP contribution in [-0.2, 0) is 0 Å². The van der Waals surface area contributed by atoms with E-state index in [2.05, 4.69) is 4.98 Å². The van der Waals surface area contributed by atoms with E-state index in [0.717, 1.165) is 29.8 Å². The number of oxazole rings is 1. The Kier molecular flexibility index (Phi) is 2.47.